The Kier molecular flexibility index (Phi) is 7.71. The Bertz CT molecular complexity index is 737. The van der Waals surface area contributed by atoms with Crippen LogP contribution < -0.4 is 0 Å². The fourth-order valence-electron chi connectivity index (χ4n) is 3.85. The number of carbonyl (C=O) groups is 2. The van der Waals surface area contributed by atoms with Crippen LogP contribution in [0.3, 0.4) is 0 Å². The van der Waals surface area contributed by atoms with E-state index in [1.54, 1.807) is 25.3 Å². The fraction of sp³-hybridized carbons (Fsp3) is 0.667. The van der Waals surface area contributed by atoms with Crippen LogP contribution in [0.2, 0.25) is 0 Å². The summed E-state index contributed by atoms with van der Waals surface area (Å²) >= 11 is 0. The number of hydrogen-bond donors (Lipinski definition) is 0. The van der Waals surface area contributed by atoms with Crippen LogP contribution in [-0.2, 0) is 16.1 Å². The smallest absolute Gasteiger partial charge is 0.338 e. The number of rotatable bonds is 7. The van der Waals surface area contributed by atoms with Crippen molar-refractivity contribution in [2.24, 2.45) is 0 Å². The van der Waals surface area contributed by atoms with E-state index < -0.39 is 5.92 Å². The highest BCUT2D eigenvalue weighted by molar-refractivity contribution is 5.89. The molecule has 1 aromatic heterocycles. The summed E-state index contributed by atoms with van der Waals surface area (Å²) < 4.78 is 31.6. The first kappa shape index (κ1) is 22.6. The third-order valence-corrected chi connectivity index (χ3v) is 5.60. The van der Waals surface area contributed by atoms with Crippen LogP contribution in [0.4, 0.5) is 8.78 Å². The molecule has 2 aliphatic heterocycles. The molecule has 2 saturated heterocycles. The SMILES string of the molecule is CCOC(=O)c1ccnc(CN2CCCN(CCN3CCC(F)(F)CC3)C(=O)C2)c1. The highest BCUT2D eigenvalue weighted by Gasteiger charge is 2.34. The molecule has 3 heterocycles. The summed E-state index contributed by atoms with van der Waals surface area (Å²) in [5.74, 6) is -2.89. The molecule has 0 atom stereocenters. The van der Waals surface area contributed by atoms with E-state index in [0.29, 0.717) is 51.4 Å². The molecule has 0 spiro atoms. The average Bonchev–Trinajstić information content (AvgIpc) is 2.88. The third-order valence-electron chi connectivity index (χ3n) is 5.60. The predicted octanol–water partition coefficient (Wildman–Crippen LogP) is 2.02. The highest BCUT2D eigenvalue weighted by Crippen LogP contribution is 2.27. The highest BCUT2D eigenvalue weighted by atomic mass is 19.3. The molecule has 0 aromatic carbocycles. The molecule has 9 heteroatoms. The summed E-state index contributed by atoms with van der Waals surface area (Å²) in [4.78, 5) is 34.8. The van der Waals surface area contributed by atoms with Crippen LogP contribution in [0.15, 0.2) is 18.3 Å². The van der Waals surface area contributed by atoms with Gasteiger partial charge in [0, 0.05) is 64.9 Å². The predicted molar refractivity (Wildman–Crippen MR) is 107 cm³/mol. The molecule has 0 bridgehead atoms. The van der Waals surface area contributed by atoms with Crippen molar-refractivity contribution in [2.75, 3.05) is 52.4 Å². The van der Waals surface area contributed by atoms with Gasteiger partial charge >= 0.3 is 5.97 Å². The van der Waals surface area contributed by atoms with Gasteiger partial charge in [0.25, 0.3) is 5.92 Å². The molecule has 2 fully saturated rings. The zero-order valence-electron chi connectivity index (χ0n) is 17.5. The number of aromatic nitrogens is 1. The molecular weight excluding hydrogens is 394 g/mol. The second kappa shape index (κ2) is 10.3. The van der Waals surface area contributed by atoms with Crippen molar-refractivity contribution >= 4 is 11.9 Å². The normalized spacial score (nSPS) is 20.8. The van der Waals surface area contributed by atoms with Gasteiger partial charge in [0.15, 0.2) is 0 Å². The van der Waals surface area contributed by atoms with Crippen molar-refractivity contribution < 1.29 is 23.1 Å². The van der Waals surface area contributed by atoms with E-state index in [4.69, 9.17) is 4.74 Å². The van der Waals surface area contributed by atoms with E-state index in [2.05, 4.69) is 4.98 Å². The lowest BCUT2D eigenvalue weighted by atomic mass is 10.1. The van der Waals surface area contributed by atoms with Crippen LogP contribution >= 0.6 is 0 Å². The quantitative estimate of drug-likeness (QED) is 0.624. The summed E-state index contributed by atoms with van der Waals surface area (Å²) in [7, 11) is 0. The van der Waals surface area contributed by atoms with Gasteiger partial charge in [0.05, 0.1) is 24.4 Å². The number of pyridine rings is 1. The van der Waals surface area contributed by atoms with Crippen LogP contribution in [0, 0.1) is 0 Å². The van der Waals surface area contributed by atoms with Gasteiger partial charge in [-0.05, 0) is 25.5 Å². The number of esters is 1. The van der Waals surface area contributed by atoms with E-state index in [1.807, 2.05) is 14.7 Å². The number of alkyl halides is 2. The average molecular weight is 424 g/mol. The number of amides is 1. The molecule has 166 valence electrons. The maximum absolute atomic E-state index is 13.3. The van der Waals surface area contributed by atoms with Gasteiger partial charge in [-0.3, -0.25) is 14.7 Å². The monoisotopic (exact) mass is 424 g/mol. The van der Waals surface area contributed by atoms with E-state index >= 15 is 0 Å². The lowest BCUT2D eigenvalue weighted by molar-refractivity contribution is -0.131. The molecule has 0 saturated carbocycles. The fourth-order valence-corrected chi connectivity index (χ4v) is 3.85. The molecule has 0 unspecified atom stereocenters. The molecule has 2 aliphatic rings. The van der Waals surface area contributed by atoms with E-state index in [0.717, 1.165) is 18.7 Å². The Labute approximate surface area is 176 Å². The minimum absolute atomic E-state index is 0.0383. The van der Waals surface area contributed by atoms with Crippen molar-refractivity contribution in [3.63, 3.8) is 0 Å². The lowest BCUT2D eigenvalue weighted by Gasteiger charge is -2.33. The zero-order valence-corrected chi connectivity index (χ0v) is 17.5. The standard InChI is InChI=1S/C21H30F2N4O3/c1-2-30-20(29)17-4-7-24-18(14-17)15-26-8-3-9-27(19(28)16-26)13-12-25-10-5-21(22,23)6-11-25/h4,7,14H,2-3,5-6,8-13,15-16H2,1H3. The van der Waals surface area contributed by atoms with Crippen molar-refractivity contribution in [1.29, 1.82) is 0 Å². The number of nitrogens with zero attached hydrogens (tertiary/aromatic N) is 4. The molecule has 0 N–H and O–H groups in total. The largest absolute Gasteiger partial charge is 0.462 e. The van der Waals surface area contributed by atoms with Crippen LogP contribution in [0.5, 0.6) is 0 Å². The number of piperidine rings is 1. The summed E-state index contributed by atoms with van der Waals surface area (Å²) in [5.41, 5.74) is 1.17. The van der Waals surface area contributed by atoms with E-state index in [-0.39, 0.29) is 31.3 Å². The summed E-state index contributed by atoms with van der Waals surface area (Å²) in [6, 6.07) is 3.32. The van der Waals surface area contributed by atoms with Gasteiger partial charge in [-0.1, -0.05) is 0 Å². The first-order valence-electron chi connectivity index (χ1n) is 10.6. The van der Waals surface area contributed by atoms with Gasteiger partial charge in [-0.15, -0.1) is 0 Å². The summed E-state index contributed by atoms with van der Waals surface area (Å²) in [6.45, 7) is 6.20. The number of likely N-dealkylation sites (tertiary alicyclic amines) is 1. The molecule has 7 nitrogen and oxygen atoms in total. The van der Waals surface area contributed by atoms with Gasteiger partial charge in [-0.25, -0.2) is 13.6 Å². The molecular formula is C21H30F2N4O3. The Morgan fingerprint density at radius 2 is 1.93 bits per heavy atom. The third kappa shape index (κ3) is 6.43. The van der Waals surface area contributed by atoms with Gasteiger partial charge in [-0.2, -0.15) is 0 Å². The number of ether oxygens (including phenoxy) is 1. The summed E-state index contributed by atoms with van der Waals surface area (Å²) in [6.07, 6.45) is 2.20. The number of carbonyl (C=O) groups excluding carboxylic acids is 2. The Morgan fingerprint density at radius 3 is 2.67 bits per heavy atom. The topological polar surface area (TPSA) is 66.0 Å². The van der Waals surface area contributed by atoms with Crippen molar-refractivity contribution in [3.05, 3.63) is 29.6 Å². The first-order valence-corrected chi connectivity index (χ1v) is 10.6. The first-order chi connectivity index (χ1) is 14.4. The minimum atomic E-state index is -2.55. The molecule has 1 aromatic rings. The molecule has 1 amide bonds. The second-order valence-corrected chi connectivity index (χ2v) is 7.90. The molecule has 0 radical (unpaired) electrons. The van der Waals surface area contributed by atoms with Gasteiger partial charge < -0.3 is 14.5 Å². The van der Waals surface area contributed by atoms with Crippen LogP contribution in [-0.4, -0.2) is 89.9 Å². The maximum atomic E-state index is 13.3. The second-order valence-electron chi connectivity index (χ2n) is 7.90. The van der Waals surface area contributed by atoms with E-state index in [9.17, 15) is 18.4 Å². The zero-order chi connectivity index (χ0) is 21.6. The summed E-state index contributed by atoms with van der Waals surface area (Å²) in [5, 5.41) is 0. The molecule has 3 rings (SSSR count). The Morgan fingerprint density at radius 1 is 1.17 bits per heavy atom. The van der Waals surface area contributed by atoms with Crippen molar-refractivity contribution in [1.82, 2.24) is 19.7 Å². The maximum Gasteiger partial charge on any atom is 0.338 e. The molecule has 0 aliphatic carbocycles. The van der Waals surface area contributed by atoms with Crippen LogP contribution in [0.1, 0.15) is 42.2 Å². The Balaban J connectivity index is 1.49. The van der Waals surface area contributed by atoms with E-state index in [1.165, 1.54) is 0 Å². The minimum Gasteiger partial charge on any atom is -0.462 e. The lowest BCUT2D eigenvalue weighted by Crippen LogP contribution is -2.45. The Hall–Kier alpha value is -2.13. The van der Waals surface area contributed by atoms with Gasteiger partial charge in [0.1, 0.15) is 0 Å². The number of hydrogen-bond acceptors (Lipinski definition) is 6. The van der Waals surface area contributed by atoms with Gasteiger partial charge in [0.2, 0.25) is 5.91 Å². The van der Waals surface area contributed by atoms with Crippen molar-refractivity contribution in [2.45, 2.75) is 38.7 Å². The molecule has 30 heavy (non-hydrogen) atoms. The van der Waals surface area contributed by atoms with Crippen molar-refractivity contribution in [3.8, 4) is 0 Å². The number of halogens is 2. The van der Waals surface area contributed by atoms with Crippen LogP contribution in [0.25, 0.3) is 0 Å².